The Hall–Kier alpha value is -2.17. The van der Waals surface area contributed by atoms with Gasteiger partial charge in [0, 0.05) is 49.8 Å². The van der Waals surface area contributed by atoms with E-state index in [2.05, 4.69) is 56.7 Å². The summed E-state index contributed by atoms with van der Waals surface area (Å²) >= 11 is 0. The number of rotatable bonds is 7. The second-order valence-electron chi connectivity index (χ2n) is 8.12. The Labute approximate surface area is 212 Å². The van der Waals surface area contributed by atoms with E-state index in [1.807, 2.05) is 12.1 Å². The molecule has 2 heterocycles. The first-order valence-electron chi connectivity index (χ1n) is 11.2. The zero-order valence-electron chi connectivity index (χ0n) is 19.2. The number of guanidine groups is 1. The van der Waals surface area contributed by atoms with Crippen LogP contribution in [-0.2, 0) is 11.2 Å². The van der Waals surface area contributed by atoms with Crippen LogP contribution in [0.5, 0.6) is 0 Å². The standard InChI is InChI=1S/C25H32FN5O.HI/c1-18-21(22-5-3-4-6-23(22)30-18)11-12-28-25(27-2)29-17-24(31-13-15-32-16-14-31)19-7-9-20(26)10-8-19;/h3-10,24,30H,11-17H2,1-2H3,(H2,27,28,29);1H. The third-order valence-corrected chi connectivity index (χ3v) is 6.12. The first-order valence-corrected chi connectivity index (χ1v) is 11.2. The summed E-state index contributed by atoms with van der Waals surface area (Å²) in [6, 6.07) is 15.3. The Balaban J connectivity index is 0.00000306. The van der Waals surface area contributed by atoms with E-state index >= 15 is 0 Å². The van der Waals surface area contributed by atoms with Crippen LogP contribution < -0.4 is 10.6 Å². The molecule has 1 aliphatic rings. The van der Waals surface area contributed by atoms with E-state index in [-0.39, 0.29) is 35.8 Å². The molecule has 6 nitrogen and oxygen atoms in total. The minimum absolute atomic E-state index is 0. The molecule has 2 aromatic carbocycles. The van der Waals surface area contributed by atoms with Gasteiger partial charge in [-0.05, 0) is 42.7 Å². The fourth-order valence-corrected chi connectivity index (χ4v) is 4.41. The first-order chi connectivity index (χ1) is 15.7. The molecule has 1 atom stereocenters. The highest BCUT2D eigenvalue weighted by atomic mass is 127. The predicted molar refractivity (Wildman–Crippen MR) is 143 cm³/mol. The molecule has 3 N–H and O–H groups in total. The second-order valence-corrected chi connectivity index (χ2v) is 8.12. The quantitative estimate of drug-likeness (QED) is 0.230. The lowest BCUT2D eigenvalue weighted by molar-refractivity contribution is 0.0170. The fourth-order valence-electron chi connectivity index (χ4n) is 4.41. The van der Waals surface area contributed by atoms with Gasteiger partial charge in [-0.15, -0.1) is 24.0 Å². The zero-order chi connectivity index (χ0) is 22.3. The average molecular weight is 565 g/mol. The van der Waals surface area contributed by atoms with Crippen molar-refractivity contribution in [1.82, 2.24) is 20.5 Å². The SMILES string of the molecule is CN=C(NCCc1c(C)[nH]c2ccccc12)NCC(c1ccc(F)cc1)N1CCOCC1.I. The van der Waals surface area contributed by atoms with Crippen LogP contribution >= 0.6 is 24.0 Å². The van der Waals surface area contributed by atoms with Crippen LogP contribution in [-0.4, -0.2) is 62.3 Å². The summed E-state index contributed by atoms with van der Waals surface area (Å²) in [5.41, 5.74) is 4.81. The summed E-state index contributed by atoms with van der Waals surface area (Å²) in [5.74, 6) is 0.551. The van der Waals surface area contributed by atoms with Gasteiger partial charge in [-0.25, -0.2) is 4.39 Å². The van der Waals surface area contributed by atoms with E-state index in [9.17, 15) is 4.39 Å². The van der Waals surface area contributed by atoms with Crippen molar-refractivity contribution in [3.8, 4) is 0 Å². The normalized spacial score (nSPS) is 15.8. The molecule has 1 unspecified atom stereocenters. The van der Waals surface area contributed by atoms with Gasteiger partial charge in [0.2, 0.25) is 0 Å². The number of fused-ring (bicyclic) bond motifs is 1. The lowest BCUT2D eigenvalue weighted by atomic mass is 10.0. The minimum atomic E-state index is -0.215. The number of ether oxygens (including phenoxy) is 1. The lowest BCUT2D eigenvalue weighted by Crippen LogP contribution is -2.46. The molecule has 0 amide bonds. The van der Waals surface area contributed by atoms with Gasteiger partial charge in [-0.3, -0.25) is 9.89 Å². The molecular weight excluding hydrogens is 532 g/mol. The molecule has 33 heavy (non-hydrogen) atoms. The molecule has 1 aliphatic heterocycles. The Morgan fingerprint density at radius 2 is 1.85 bits per heavy atom. The van der Waals surface area contributed by atoms with Crippen LogP contribution in [0.25, 0.3) is 10.9 Å². The third-order valence-electron chi connectivity index (χ3n) is 6.12. The summed E-state index contributed by atoms with van der Waals surface area (Å²) in [6.45, 7) is 6.73. The van der Waals surface area contributed by atoms with Gasteiger partial charge in [0.1, 0.15) is 5.82 Å². The van der Waals surface area contributed by atoms with E-state index in [4.69, 9.17) is 4.74 Å². The molecule has 0 bridgehead atoms. The van der Waals surface area contributed by atoms with Crippen molar-refractivity contribution in [3.63, 3.8) is 0 Å². The van der Waals surface area contributed by atoms with Gasteiger partial charge >= 0.3 is 0 Å². The minimum Gasteiger partial charge on any atom is -0.379 e. The van der Waals surface area contributed by atoms with Crippen molar-refractivity contribution in [2.24, 2.45) is 4.99 Å². The summed E-state index contributed by atoms with van der Waals surface area (Å²) in [4.78, 5) is 10.2. The third kappa shape index (κ3) is 6.45. The molecule has 1 aromatic heterocycles. The number of halogens is 2. The van der Waals surface area contributed by atoms with Gasteiger partial charge in [-0.2, -0.15) is 0 Å². The van der Waals surface area contributed by atoms with Crippen molar-refractivity contribution < 1.29 is 9.13 Å². The summed E-state index contributed by atoms with van der Waals surface area (Å²) in [7, 11) is 1.79. The van der Waals surface area contributed by atoms with E-state index in [0.29, 0.717) is 19.8 Å². The summed E-state index contributed by atoms with van der Waals surface area (Å²) in [6.07, 6.45) is 0.904. The first kappa shape index (κ1) is 25.5. The van der Waals surface area contributed by atoms with Crippen LogP contribution in [0.2, 0.25) is 0 Å². The zero-order valence-corrected chi connectivity index (χ0v) is 21.6. The maximum atomic E-state index is 13.5. The molecule has 1 fully saturated rings. The molecule has 1 saturated heterocycles. The molecule has 178 valence electrons. The lowest BCUT2D eigenvalue weighted by Gasteiger charge is -2.35. The molecule has 0 spiro atoms. The molecule has 3 aromatic rings. The Bertz CT molecular complexity index is 1050. The number of aromatic amines is 1. The Morgan fingerprint density at radius 3 is 2.58 bits per heavy atom. The Kier molecular flexibility index (Phi) is 9.52. The van der Waals surface area contributed by atoms with Crippen LogP contribution in [0.4, 0.5) is 4.39 Å². The highest BCUT2D eigenvalue weighted by Crippen LogP contribution is 2.23. The largest absolute Gasteiger partial charge is 0.379 e. The maximum Gasteiger partial charge on any atom is 0.191 e. The smallest absolute Gasteiger partial charge is 0.191 e. The van der Waals surface area contributed by atoms with E-state index in [0.717, 1.165) is 37.6 Å². The second kappa shape index (κ2) is 12.3. The molecule has 0 saturated carbocycles. The van der Waals surface area contributed by atoms with Crippen LogP contribution in [0.1, 0.15) is 22.9 Å². The van der Waals surface area contributed by atoms with Gasteiger partial charge in [-0.1, -0.05) is 30.3 Å². The number of nitrogens with zero attached hydrogens (tertiary/aromatic N) is 2. The van der Waals surface area contributed by atoms with Gasteiger partial charge in [0.25, 0.3) is 0 Å². The number of aryl methyl sites for hydroxylation is 1. The van der Waals surface area contributed by atoms with Crippen LogP contribution in [0, 0.1) is 12.7 Å². The van der Waals surface area contributed by atoms with E-state index in [1.54, 1.807) is 7.05 Å². The number of nitrogens with one attached hydrogen (secondary N) is 3. The highest BCUT2D eigenvalue weighted by Gasteiger charge is 2.23. The number of benzene rings is 2. The molecular formula is C25H33FIN5O. The van der Waals surface area contributed by atoms with Crippen molar-refractivity contribution in [3.05, 3.63) is 71.2 Å². The molecule has 0 radical (unpaired) electrons. The molecule has 8 heteroatoms. The number of para-hydroxylation sites is 1. The number of aromatic nitrogens is 1. The van der Waals surface area contributed by atoms with Crippen molar-refractivity contribution in [2.45, 2.75) is 19.4 Å². The van der Waals surface area contributed by atoms with Crippen LogP contribution in [0.3, 0.4) is 0 Å². The maximum absolute atomic E-state index is 13.5. The van der Waals surface area contributed by atoms with Crippen molar-refractivity contribution in [1.29, 1.82) is 0 Å². The Morgan fingerprint density at radius 1 is 1.12 bits per heavy atom. The number of hydrogen-bond donors (Lipinski definition) is 3. The van der Waals surface area contributed by atoms with Crippen LogP contribution in [0.15, 0.2) is 53.5 Å². The van der Waals surface area contributed by atoms with Gasteiger partial charge < -0.3 is 20.4 Å². The van der Waals surface area contributed by atoms with E-state index in [1.165, 1.54) is 34.3 Å². The molecule has 0 aliphatic carbocycles. The number of H-pyrrole nitrogens is 1. The van der Waals surface area contributed by atoms with Crippen molar-refractivity contribution in [2.75, 3.05) is 46.4 Å². The molecule has 4 rings (SSSR count). The number of morpholine rings is 1. The number of hydrogen-bond acceptors (Lipinski definition) is 3. The number of aliphatic imine (C=N–C) groups is 1. The van der Waals surface area contributed by atoms with Gasteiger partial charge in [0.05, 0.1) is 19.3 Å². The topological polar surface area (TPSA) is 64.7 Å². The monoisotopic (exact) mass is 565 g/mol. The summed E-state index contributed by atoms with van der Waals surface area (Å²) in [5, 5.41) is 8.18. The predicted octanol–water partition coefficient (Wildman–Crippen LogP) is 4.01. The van der Waals surface area contributed by atoms with Crippen molar-refractivity contribution >= 4 is 40.8 Å². The highest BCUT2D eigenvalue weighted by molar-refractivity contribution is 14.0. The fraction of sp³-hybridized carbons (Fsp3) is 0.400. The summed E-state index contributed by atoms with van der Waals surface area (Å²) < 4.78 is 19.0. The van der Waals surface area contributed by atoms with E-state index < -0.39 is 0 Å². The van der Waals surface area contributed by atoms with Gasteiger partial charge in [0.15, 0.2) is 5.96 Å². The average Bonchev–Trinajstić information content (AvgIpc) is 3.14.